The molecule has 0 aliphatic carbocycles. The summed E-state index contributed by atoms with van der Waals surface area (Å²) >= 11 is 0.946. The van der Waals surface area contributed by atoms with E-state index in [1.54, 1.807) is 13.0 Å². The quantitative estimate of drug-likeness (QED) is 0.431. The lowest BCUT2D eigenvalue weighted by Gasteiger charge is -2.07. The Balaban J connectivity index is 1.77. The van der Waals surface area contributed by atoms with Gasteiger partial charge >= 0.3 is 11.9 Å². The third-order valence-electron chi connectivity index (χ3n) is 4.74. The van der Waals surface area contributed by atoms with Crippen LogP contribution in [-0.2, 0) is 16.1 Å². The third-order valence-corrected chi connectivity index (χ3v) is 5.92. The molecule has 8 nitrogen and oxygen atoms in total. The summed E-state index contributed by atoms with van der Waals surface area (Å²) in [5.74, 6) is -0.571. The van der Waals surface area contributed by atoms with Crippen LogP contribution in [0.15, 0.2) is 40.8 Å². The van der Waals surface area contributed by atoms with Gasteiger partial charge in [-0.15, -0.1) is 11.3 Å². The average molecular weight is 472 g/mol. The molecule has 0 saturated heterocycles. The highest BCUT2D eigenvalue weighted by molar-refractivity contribution is 7.18. The lowest BCUT2D eigenvalue weighted by Crippen LogP contribution is -2.14. The minimum atomic E-state index is -0.622. The van der Waals surface area contributed by atoms with Crippen LogP contribution < -0.4 is 10.1 Å². The number of carbonyl (C=O) groups excluding carboxylic acids is 3. The zero-order chi connectivity index (χ0) is 24.0. The van der Waals surface area contributed by atoms with Crippen LogP contribution in [0, 0.1) is 13.8 Å². The number of furan rings is 1. The van der Waals surface area contributed by atoms with Crippen LogP contribution in [0.5, 0.6) is 5.75 Å². The molecule has 0 bridgehead atoms. The molecule has 0 unspecified atom stereocenters. The Bertz CT molecular complexity index is 1160. The fourth-order valence-corrected chi connectivity index (χ4v) is 4.12. The van der Waals surface area contributed by atoms with Gasteiger partial charge in [0.25, 0.3) is 5.91 Å². The van der Waals surface area contributed by atoms with E-state index in [-0.39, 0.29) is 34.4 Å². The Morgan fingerprint density at radius 3 is 2.52 bits per heavy atom. The number of nitrogens with one attached hydrogen (secondary N) is 1. The molecule has 0 atom stereocenters. The molecule has 9 heteroatoms. The number of benzene rings is 1. The van der Waals surface area contributed by atoms with Crippen LogP contribution in [0.3, 0.4) is 0 Å². The minimum Gasteiger partial charge on any atom is -0.485 e. The fraction of sp³-hybridized carbons (Fsp3) is 0.292. The maximum atomic E-state index is 12.8. The van der Waals surface area contributed by atoms with Crippen LogP contribution in [-0.4, -0.2) is 31.6 Å². The highest BCUT2D eigenvalue weighted by Crippen LogP contribution is 2.34. The molecular formula is C24H25NO7S. The van der Waals surface area contributed by atoms with Crippen molar-refractivity contribution in [2.75, 3.05) is 19.0 Å². The summed E-state index contributed by atoms with van der Waals surface area (Å²) in [6.45, 7) is 5.78. The molecule has 1 N–H and O–H groups in total. The Morgan fingerprint density at radius 2 is 1.82 bits per heavy atom. The molecule has 0 radical (unpaired) electrons. The van der Waals surface area contributed by atoms with E-state index >= 15 is 0 Å². The van der Waals surface area contributed by atoms with Gasteiger partial charge in [-0.1, -0.05) is 25.1 Å². The number of aryl methyl sites for hydroxylation is 1. The van der Waals surface area contributed by atoms with Gasteiger partial charge in [-0.3, -0.25) is 4.79 Å². The molecule has 2 heterocycles. The SMILES string of the molecule is CCCOC(=O)c1c(NC(=O)c2ccc(COc3ccccc3C)o2)sc(C(=O)OC)c1C. The van der Waals surface area contributed by atoms with Crippen molar-refractivity contribution in [2.24, 2.45) is 0 Å². The summed E-state index contributed by atoms with van der Waals surface area (Å²) in [6, 6.07) is 10.7. The van der Waals surface area contributed by atoms with Gasteiger partial charge in [0, 0.05) is 0 Å². The van der Waals surface area contributed by atoms with Crippen LogP contribution in [0.2, 0.25) is 0 Å². The fourth-order valence-electron chi connectivity index (χ4n) is 3.01. The lowest BCUT2D eigenvalue weighted by atomic mass is 10.1. The highest BCUT2D eigenvalue weighted by Gasteiger charge is 2.28. The van der Waals surface area contributed by atoms with Crippen molar-refractivity contribution >= 4 is 34.2 Å². The number of para-hydroxylation sites is 1. The smallest absolute Gasteiger partial charge is 0.348 e. The first-order valence-corrected chi connectivity index (χ1v) is 11.1. The predicted molar refractivity (Wildman–Crippen MR) is 123 cm³/mol. The highest BCUT2D eigenvalue weighted by atomic mass is 32.1. The second kappa shape index (κ2) is 10.8. The molecule has 0 aliphatic rings. The first-order valence-electron chi connectivity index (χ1n) is 10.3. The van der Waals surface area contributed by atoms with Gasteiger partial charge in [0.1, 0.15) is 28.0 Å². The Labute approximate surface area is 195 Å². The molecule has 1 aromatic carbocycles. The van der Waals surface area contributed by atoms with Crippen LogP contribution in [0.25, 0.3) is 0 Å². The van der Waals surface area contributed by atoms with E-state index in [9.17, 15) is 14.4 Å². The maximum absolute atomic E-state index is 12.8. The second-order valence-electron chi connectivity index (χ2n) is 7.16. The molecule has 1 amide bonds. The molecule has 0 aliphatic heterocycles. The van der Waals surface area contributed by atoms with Gasteiger partial charge in [-0.05, 0) is 49.6 Å². The Kier molecular flexibility index (Phi) is 7.89. The Hall–Kier alpha value is -3.59. The number of anilines is 1. The standard InChI is InChI=1S/C24H25NO7S/c1-5-12-30-23(27)19-15(3)20(24(28)29-4)33-22(19)25-21(26)18-11-10-16(32-18)13-31-17-9-7-6-8-14(17)2/h6-11H,5,12-13H2,1-4H3,(H,25,26). The number of ether oxygens (including phenoxy) is 3. The molecule has 174 valence electrons. The van der Waals surface area contributed by atoms with Gasteiger partial charge < -0.3 is 23.9 Å². The zero-order valence-corrected chi connectivity index (χ0v) is 19.7. The van der Waals surface area contributed by atoms with Gasteiger partial charge in [0.15, 0.2) is 5.76 Å². The van der Waals surface area contributed by atoms with Gasteiger partial charge in [0.2, 0.25) is 0 Å². The maximum Gasteiger partial charge on any atom is 0.348 e. The van der Waals surface area contributed by atoms with E-state index in [0.29, 0.717) is 17.7 Å². The van der Waals surface area contributed by atoms with Crippen molar-refractivity contribution in [3.8, 4) is 5.75 Å². The largest absolute Gasteiger partial charge is 0.485 e. The van der Waals surface area contributed by atoms with E-state index in [1.807, 2.05) is 38.1 Å². The topological polar surface area (TPSA) is 104 Å². The first kappa shape index (κ1) is 24.1. The minimum absolute atomic E-state index is 0.0388. The normalized spacial score (nSPS) is 10.5. The van der Waals surface area contributed by atoms with Crippen molar-refractivity contribution < 1.29 is 33.0 Å². The Morgan fingerprint density at radius 1 is 1.06 bits per heavy atom. The van der Waals surface area contributed by atoms with E-state index in [2.05, 4.69) is 5.32 Å². The van der Waals surface area contributed by atoms with E-state index in [1.165, 1.54) is 13.2 Å². The lowest BCUT2D eigenvalue weighted by molar-refractivity contribution is 0.0506. The average Bonchev–Trinajstić information content (AvgIpc) is 3.41. The first-order chi connectivity index (χ1) is 15.8. The second-order valence-corrected chi connectivity index (χ2v) is 8.18. The van der Waals surface area contributed by atoms with Crippen molar-refractivity contribution in [3.63, 3.8) is 0 Å². The molecule has 0 spiro atoms. The predicted octanol–water partition coefficient (Wildman–Crippen LogP) is 5.14. The summed E-state index contributed by atoms with van der Waals surface area (Å²) in [7, 11) is 1.25. The number of amides is 1. The number of hydrogen-bond acceptors (Lipinski definition) is 8. The third kappa shape index (κ3) is 5.61. The number of carbonyl (C=O) groups is 3. The van der Waals surface area contributed by atoms with Gasteiger partial charge in [0.05, 0.1) is 19.3 Å². The summed E-state index contributed by atoms with van der Waals surface area (Å²) in [5, 5.41) is 2.85. The summed E-state index contributed by atoms with van der Waals surface area (Å²) in [6.07, 6.45) is 0.639. The number of methoxy groups -OCH3 is 1. The molecule has 0 fully saturated rings. The van der Waals surface area contributed by atoms with Crippen molar-refractivity contribution in [3.05, 3.63) is 69.5 Å². The summed E-state index contributed by atoms with van der Waals surface area (Å²) < 4.78 is 21.4. The summed E-state index contributed by atoms with van der Waals surface area (Å²) in [4.78, 5) is 37.7. The van der Waals surface area contributed by atoms with Crippen LogP contribution in [0.1, 0.15) is 60.8 Å². The molecule has 33 heavy (non-hydrogen) atoms. The molecule has 3 rings (SSSR count). The summed E-state index contributed by atoms with van der Waals surface area (Å²) in [5.41, 5.74) is 1.49. The molecule has 2 aromatic heterocycles. The van der Waals surface area contributed by atoms with Gasteiger partial charge in [-0.2, -0.15) is 0 Å². The van der Waals surface area contributed by atoms with Crippen LogP contribution >= 0.6 is 11.3 Å². The molecule has 0 saturated carbocycles. The molecule has 3 aromatic rings. The number of thiophene rings is 1. The molecular weight excluding hydrogens is 446 g/mol. The number of hydrogen-bond donors (Lipinski definition) is 1. The zero-order valence-electron chi connectivity index (χ0n) is 18.9. The van der Waals surface area contributed by atoms with Crippen LogP contribution in [0.4, 0.5) is 5.00 Å². The van der Waals surface area contributed by atoms with Crippen molar-refractivity contribution in [2.45, 2.75) is 33.8 Å². The number of esters is 2. The van der Waals surface area contributed by atoms with E-state index < -0.39 is 17.8 Å². The van der Waals surface area contributed by atoms with Crippen molar-refractivity contribution in [1.82, 2.24) is 0 Å². The van der Waals surface area contributed by atoms with E-state index in [0.717, 1.165) is 22.6 Å². The van der Waals surface area contributed by atoms with Gasteiger partial charge in [-0.25, -0.2) is 9.59 Å². The monoisotopic (exact) mass is 471 g/mol. The van der Waals surface area contributed by atoms with E-state index in [4.69, 9.17) is 18.6 Å². The van der Waals surface area contributed by atoms with Crippen molar-refractivity contribution in [1.29, 1.82) is 0 Å². The number of rotatable bonds is 9.